The van der Waals surface area contributed by atoms with Crippen molar-refractivity contribution in [3.63, 3.8) is 0 Å². The van der Waals surface area contributed by atoms with Crippen LogP contribution in [0.1, 0.15) is 50.7 Å². The van der Waals surface area contributed by atoms with E-state index in [-0.39, 0.29) is 29.0 Å². The number of hydrogen-bond donors (Lipinski definition) is 1. The van der Waals surface area contributed by atoms with Crippen molar-refractivity contribution in [1.82, 2.24) is 4.90 Å². The molecule has 5 rings (SSSR count). The highest BCUT2D eigenvalue weighted by atomic mass is 32.2. The monoisotopic (exact) mass is 521 g/mol. The molecule has 5 unspecified atom stereocenters. The Labute approximate surface area is 214 Å². The number of ketones is 1. The molecule has 0 amide bonds. The summed E-state index contributed by atoms with van der Waals surface area (Å²) in [5, 5.41) is 0. The quantitative estimate of drug-likeness (QED) is 0.475. The van der Waals surface area contributed by atoms with Crippen LogP contribution in [0.2, 0.25) is 0 Å². The number of ether oxygens (including phenoxy) is 2. The number of likely N-dealkylation sites (tertiary alicyclic amines) is 1. The second-order valence-electron chi connectivity index (χ2n) is 11.6. The van der Waals surface area contributed by atoms with Crippen LogP contribution in [0.5, 0.6) is 5.75 Å². The van der Waals surface area contributed by atoms with Gasteiger partial charge in [-0.15, -0.1) is 0 Å². The fourth-order valence-electron chi connectivity index (χ4n) is 7.45. The van der Waals surface area contributed by atoms with E-state index >= 15 is 0 Å². The molecular formula is C27H39NO7S. The van der Waals surface area contributed by atoms with Crippen LogP contribution in [-0.4, -0.2) is 69.2 Å². The number of carbonyl (C=O) groups excluding carboxylic acids is 2. The number of rotatable bonds is 4. The Balaban J connectivity index is 0.000000179. The Hall–Kier alpha value is -1.97. The van der Waals surface area contributed by atoms with E-state index in [2.05, 4.69) is 24.1 Å². The second kappa shape index (κ2) is 9.72. The lowest BCUT2D eigenvalue weighted by Crippen LogP contribution is -2.51. The summed E-state index contributed by atoms with van der Waals surface area (Å²) in [7, 11) is 1.25. The molecule has 3 aliphatic carbocycles. The van der Waals surface area contributed by atoms with Gasteiger partial charge in [0.2, 0.25) is 0 Å². The van der Waals surface area contributed by atoms with Crippen molar-refractivity contribution in [2.75, 3.05) is 33.6 Å². The van der Waals surface area contributed by atoms with Crippen molar-refractivity contribution in [1.29, 1.82) is 0 Å². The van der Waals surface area contributed by atoms with Gasteiger partial charge in [-0.05, 0) is 73.6 Å². The van der Waals surface area contributed by atoms with Gasteiger partial charge in [0.25, 0.3) is 10.1 Å². The topological polar surface area (TPSA) is 110 Å². The van der Waals surface area contributed by atoms with E-state index in [0.29, 0.717) is 24.8 Å². The van der Waals surface area contributed by atoms with E-state index in [4.69, 9.17) is 14.0 Å². The Bertz CT molecular complexity index is 1130. The maximum Gasteiger partial charge on any atom is 0.309 e. The van der Waals surface area contributed by atoms with Gasteiger partial charge in [-0.2, -0.15) is 8.42 Å². The summed E-state index contributed by atoms with van der Waals surface area (Å²) < 4.78 is 41.4. The third-order valence-electron chi connectivity index (χ3n) is 9.65. The van der Waals surface area contributed by atoms with E-state index < -0.39 is 21.3 Å². The summed E-state index contributed by atoms with van der Waals surface area (Å²) in [6.45, 7) is 4.69. The normalized spacial score (nSPS) is 32.7. The largest absolute Gasteiger partial charge is 0.496 e. The first-order valence-corrected chi connectivity index (χ1v) is 14.3. The van der Waals surface area contributed by atoms with Crippen LogP contribution in [0.15, 0.2) is 18.2 Å². The van der Waals surface area contributed by atoms with E-state index in [9.17, 15) is 18.0 Å². The first-order chi connectivity index (χ1) is 16.8. The fourth-order valence-corrected chi connectivity index (χ4v) is 8.75. The minimum Gasteiger partial charge on any atom is -0.496 e. The molecule has 9 heteroatoms. The van der Waals surface area contributed by atoms with Crippen LogP contribution >= 0.6 is 0 Å². The molecule has 0 spiro atoms. The number of methoxy groups -OCH3 is 2. The summed E-state index contributed by atoms with van der Waals surface area (Å²) in [6.07, 6.45) is 4.92. The van der Waals surface area contributed by atoms with Crippen LogP contribution in [0.25, 0.3) is 0 Å². The van der Waals surface area contributed by atoms with E-state index in [1.807, 2.05) is 19.9 Å². The van der Waals surface area contributed by atoms with Gasteiger partial charge in [0, 0.05) is 19.0 Å². The lowest BCUT2D eigenvalue weighted by Gasteiger charge is -2.45. The first-order valence-electron chi connectivity index (χ1n) is 12.7. The molecule has 2 saturated carbocycles. The predicted octanol–water partition coefficient (Wildman–Crippen LogP) is 3.17. The molecule has 1 aromatic carbocycles. The summed E-state index contributed by atoms with van der Waals surface area (Å²) in [5.74, 6) is 1.30. The van der Waals surface area contributed by atoms with Gasteiger partial charge in [-0.25, -0.2) is 0 Å². The highest BCUT2D eigenvalue weighted by Gasteiger charge is 2.65. The highest BCUT2D eigenvalue weighted by molar-refractivity contribution is 7.85. The van der Waals surface area contributed by atoms with Crippen molar-refractivity contribution < 1.29 is 32.0 Å². The van der Waals surface area contributed by atoms with Gasteiger partial charge < -0.3 is 14.4 Å². The van der Waals surface area contributed by atoms with Crippen molar-refractivity contribution in [3.05, 3.63) is 29.3 Å². The Morgan fingerprint density at radius 1 is 1.19 bits per heavy atom. The minimum atomic E-state index is -4.08. The summed E-state index contributed by atoms with van der Waals surface area (Å²) >= 11 is 0. The SMILES string of the molecule is CC1(C)C2CCC1(CS(=O)(=O)O)C(=O)C2.COC(=O)C1CC2Cc3c(cccc3OC)CC2N(C)C1. The molecule has 5 atom stereocenters. The molecule has 200 valence electrons. The number of fused-ring (bicyclic) bond motifs is 4. The summed E-state index contributed by atoms with van der Waals surface area (Å²) in [4.78, 5) is 26.1. The van der Waals surface area contributed by atoms with Gasteiger partial charge in [-0.1, -0.05) is 26.0 Å². The maximum atomic E-state index is 11.9. The Morgan fingerprint density at radius 3 is 2.47 bits per heavy atom. The molecule has 2 bridgehead atoms. The number of piperidine rings is 1. The van der Waals surface area contributed by atoms with Gasteiger partial charge in [-0.3, -0.25) is 14.1 Å². The van der Waals surface area contributed by atoms with Crippen LogP contribution in [-0.2, 0) is 37.3 Å². The van der Waals surface area contributed by atoms with Crippen molar-refractivity contribution in [2.24, 2.45) is 28.6 Å². The van der Waals surface area contributed by atoms with Crippen molar-refractivity contribution >= 4 is 21.9 Å². The molecule has 0 aromatic heterocycles. The molecule has 1 aliphatic heterocycles. The molecule has 1 aromatic rings. The average molecular weight is 522 g/mol. The van der Waals surface area contributed by atoms with Crippen LogP contribution in [0, 0.1) is 28.6 Å². The lowest BCUT2D eigenvalue weighted by atomic mass is 9.70. The summed E-state index contributed by atoms with van der Waals surface area (Å²) in [6, 6.07) is 6.82. The predicted molar refractivity (Wildman–Crippen MR) is 135 cm³/mol. The third kappa shape index (κ3) is 4.70. The van der Waals surface area contributed by atoms with Crippen LogP contribution < -0.4 is 4.74 Å². The number of Topliss-reactive ketones (excluding diaryl/α,β-unsaturated/α-hetero) is 1. The van der Waals surface area contributed by atoms with Gasteiger partial charge in [0.05, 0.1) is 31.3 Å². The fraction of sp³-hybridized carbons (Fsp3) is 0.704. The van der Waals surface area contributed by atoms with Gasteiger partial charge in [0.1, 0.15) is 11.5 Å². The number of nitrogens with zero attached hydrogens (tertiary/aromatic N) is 1. The van der Waals surface area contributed by atoms with E-state index in [1.54, 1.807) is 7.11 Å². The van der Waals surface area contributed by atoms with Crippen LogP contribution in [0.4, 0.5) is 0 Å². The zero-order valence-corrected chi connectivity index (χ0v) is 22.8. The highest BCUT2D eigenvalue weighted by Crippen LogP contribution is 2.64. The van der Waals surface area contributed by atoms with E-state index in [1.165, 1.54) is 18.2 Å². The zero-order chi connectivity index (χ0) is 26.5. The van der Waals surface area contributed by atoms with Gasteiger partial charge >= 0.3 is 5.97 Å². The molecule has 4 aliphatic rings. The standard InChI is InChI=1S/C17H23NO3.C10H16O4S/c1-18-10-13(17(19)21-3)7-12-8-14-11(9-15(12)18)5-4-6-16(14)20-2;1-9(2)7-3-4-10(9,8(11)5-7)6-15(12,13)14/h4-6,12-13,15H,7-10H2,1-3H3;7H,3-6H2,1-2H3,(H,12,13,14). The number of esters is 1. The third-order valence-corrected chi connectivity index (χ3v) is 10.5. The molecule has 1 heterocycles. The zero-order valence-electron chi connectivity index (χ0n) is 22.0. The molecule has 8 nitrogen and oxygen atoms in total. The molecule has 36 heavy (non-hydrogen) atoms. The Morgan fingerprint density at radius 2 is 1.92 bits per heavy atom. The van der Waals surface area contributed by atoms with Gasteiger partial charge in [0.15, 0.2) is 0 Å². The number of likely N-dealkylation sites (N-methyl/N-ethyl adjacent to an activating group) is 1. The lowest BCUT2D eigenvalue weighted by molar-refractivity contribution is -0.149. The average Bonchev–Trinajstić information content (AvgIpc) is 3.15. The molecule has 3 fully saturated rings. The Kier molecular flexibility index (Phi) is 7.31. The summed E-state index contributed by atoms with van der Waals surface area (Å²) in [5.41, 5.74) is 1.59. The maximum absolute atomic E-state index is 11.9. The molecule has 1 N–H and O–H groups in total. The molecule has 0 radical (unpaired) electrons. The number of hydrogen-bond acceptors (Lipinski definition) is 7. The van der Waals surface area contributed by atoms with E-state index in [0.717, 1.165) is 38.0 Å². The molecular weight excluding hydrogens is 482 g/mol. The van der Waals surface area contributed by atoms with Crippen molar-refractivity contribution in [3.8, 4) is 5.75 Å². The van der Waals surface area contributed by atoms with Crippen molar-refractivity contribution in [2.45, 2.75) is 58.4 Å². The first kappa shape index (κ1) is 27.1. The smallest absolute Gasteiger partial charge is 0.309 e. The number of benzene rings is 1. The van der Waals surface area contributed by atoms with Crippen LogP contribution in [0.3, 0.4) is 0 Å². The molecule has 1 saturated heterocycles. The number of carbonyl (C=O) groups is 2. The second-order valence-corrected chi connectivity index (χ2v) is 13.1. The minimum absolute atomic E-state index is 0.00231.